The van der Waals surface area contributed by atoms with E-state index in [2.05, 4.69) is 0 Å². The molecule has 1 saturated heterocycles. The lowest BCUT2D eigenvalue weighted by atomic mass is 9.83. The molecule has 1 aliphatic heterocycles. The molecule has 6 heteroatoms. The smallest absolute Gasteiger partial charge is 0.315 e. The molecule has 0 radical (unpaired) electrons. The number of benzene rings is 1. The standard InChI is InChI=1S/C17H18ClN3O2/c1-20-14-8-7-12(18)9-13(14)16(11-5-3-2-4-6-11)21(17(19)23)10-15(20)22/h2-9,13-14,16H,10H2,1H3,(H2,19,23). The lowest BCUT2D eigenvalue weighted by Crippen LogP contribution is -2.43. The molecule has 5 nitrogen and oxygen atoms in total. The number of nitrogens with zero attached hydrogens (tertiary/aromatic N) is 2. The Hall–Kier alpha value is -2.27. The van der Waals surface area contributed by atoms with Crippen molar-refractivity contribution in [1.29, 1.82) is 0 Å². The summed E-state index contributed by atoms with van der Waals surface area (Å²) in [5.41, 5.74) is 6.50. The summed E-state index contributed by atoms with van der Waals surface area (Å²) in [6.07, 6.45) is 5.59. The average Bonchev–Trinajstić information content (AvgIpc) is 2.64. The fourth-order valence-electron chi connectivity index (χ4n) is 3.32. The van der Waals surface area contributed by atoms with Crippen LogP contribution in [0.3, 0.4) is 0 Å². The van der Waals surface area contributed by atoms with Crippen LogP contribution in [0.4, 0.5) is 4.79 Å². The average molecular weight is 332 g/mol. The summed E-state index contributed by atoms with van der Waals surface area (Å²) in [6.45, 7) is -0.0440. The Morgan fingerprint density at radius 2 is 2.00 bits per heavy atom. The zero-order valence-electron chi connectivity index (χ0n) is 12.7. The van der Waals surface area contributed by atoms with Crippen LogP contribution in [0.1, 0.15) is 11.6 Å². The van der Waals surface area contributed by atoms with E-state index >= 15 is 0 Å². The fourth-order valence-corrected chi connectivity index (χ4v) is 3.54. The molecule has 120 valence electrons. The van der Waals surface area contributed by atoms with Gasteiger partial charge in [-0.3, -0.25) is 4.79 Å². The molecule has 1 aliphatic carbocycles. The van der Waals surface area contributed by atoms with Gasteiger partial charge in [0, 0.05) is 18.0 Å². The Balaban J connectivity index is 2.14. The van der Waals surface area contributed by atoms with Gasteiger partial charge in [0.1, 0.15) is 6.54 Å². The van der Waals surface area contributed by atoms with Crippen LogP contribution in [0.5, 0.6) is 0 Å². The van der Waals surface area contributed by atoms with Gasteiger partial charge >= 0.3 is 6.03 Å². The number of carbonyl (C=O) groups excluding carboxylic acids is 2. The minimum Gasteiger partial charge on any atom is -0.351 e. The van der Waals surface area contributed by atoms with Crippen molar-refractivity contribution in [2.75, 3.05) is 13.6 Å². The van der Waals surface area contributed by atoms with E-state index in [0.717, 1.165) is 5.56 Å². The summed E-state index contributed by atoms with van der Waals surface area (Å²) < 4.78 is 0. The SMILES string of the molecule is CN1C(=O)CN(C(N)=O)C(c2ccccc2)C2C=C(Cl)C=CC21. The highest BCUT2D eigenvalue weighted by molar-refractivity contribution is 6.31. The van der Waals surface area contributed by atoms with E-state index in [1.54, 1.807) is 18.0 Å². The number of amides is 3. The number of rotatable bonds is 1. The van der Waals surface area contributed by atoms with Gasteiger partial charge in [-0.15, -0.1) is 0 Å². The van der Waals surface area contributed by atoms with Crippen LogP contribution in [0, 0.1) is 5.92 Å². The third-order valence-corrected chi connectivity index (χ3v) is 4.72. The van der Waals surface area contributed by atoms with Crippen molar-refractivity contribution in [3.8, 4) is 0 Å². The second kappa shape index (κ2) is 6.08. The maximum absolute atomic E-state index is 12.4. The topological polar surface area (TPSA) is 66.6 Å². The molecule has 3 atom stereocenters. The van der Waals surface area contributed by atoms with Gasteiger partial charge in [0.15, 0.2) is 0 Å². The van der Waals surface area contributed by atoms with Gasteiger partial charge < -0.3 is 15.5 Å². The molecule has 23 heavy (non-hydrogen) atoms. The number of urea groups is 1. The molecule has 3 unspecified atom stereocenters. The minimum absolute atomic E-state index is 0.0440. The van der Waals surface area contributed by atoms with Crippen molar-refractivity contribution in [3.63, 3.8) is 0 Å². The number of likely N-dealkylation sites (N-methyl/N-ethyl adjacent to an activating group) is 1. The highest BCUT2D eigenvalue weighted by atomic mass is 35.5. The van der Waals surface area contributed by atoms with E-state index < -0.39 is 6.03 Å². The summed E-state index contributed by atoms with van der Waals surface area (Å²) in [5, 5.41) is 0.597. The molecule has 1 fully saturated rings. The van der Waals surface area contributed by atoms with E-state index in [-0.39, 0.29) is 30.5 Å². The summed E-state index contributed by atoms with van der Waals surface area (Å²) in [5.74, 6) is -0.299. The quantitative estimate of drug-likeness (QED) is 0.857. The predicted molar refractivity (Wildman–Crippen MR) is 88.6 cm³/mol. The van der Waals surface area contributed by atoms with Crippen LogP contribution < -0.4 is 5.73 Å². The molecule has 3 amide bonds. The molecule has 0 aromatic heterocycles. The Labute approximate surface area is 140 Å². The molecule has 0 bridgehead atoms. The van der Waals surface area contributed by atoms with Crippen molar-refractivity contribution in [1.82, 2.24) is 9.80 Å². The van der Waals surface area contributed by atoms with Crippen LogP contribution in [-0.4, -0.2) is 41.4 Å². The van der Waals surface area contributed by atoms with Crippen molar-refractivity contribution in [2.45, 2.75) is 12.1 Å². The molecule has 0 spiro atoms. The van der Waals surface area contributed by atoms with Gasteiger partial charge in [-0.2, -0.15) is 0 Å². The largest absolute Gasteiger partial charge is 0.351 e. The summed E-state index contributed by atoms with van der Waals surface area (Å²) >= 11 is 6.19. The Morgan fingerprint density at radius 1 is 1.30 bits per heavy atom. The van der Waals surface area contributed by atoms with Gasteiger partial charge in [0.05, 0.1) is 12.1 Å². The van der Waals surface area contributed by atoms with Crippen LogP contribution in [0.2, 0.25) is 0 Å². The van der Waals surface area contributed by atoms with Crippen molar-refractivity contribution >= 4 is 23.5 Å². The minimum atomic E-state index is -0.611. The van der Waals surface area contributed by atoms with Gasteiger partial charge in [-0.05, 0) is 11.6 Å². The number of primary amides is 1. The molecular formula is C17H18ClN3O2. The van der Waals surface area contributed by atoms with E-state index in [0.29, 0.717) is 5.03 Å². The first-order valence-corrected chi connectivity index (χ1v) is 7.79. The van der Waals surface area contributed by atoms with Crippen molar-refractivity contribution in [3.05, 3.63) is 59.2 Å². The molecule has 1 aromatic rings. The van der Waals surface area contributed by atoms with E-state index in [9.17, 15) is 9.59 Å². The van der Waals surface area contributed by atoms with Crippen LogP contribution >= 0.6 is 11.6 Å². The molecule has 0 saturated carbocycles. The second-order valence-corrected chi connectivity index (χ2v) is 6.24. The zero-order chi connectivity index (χ0) is 16.6. The number of allylic oxidation sites excluding steroid dienone is 2. The maximum Gasteiger partial charge on any atom is 0.315 e. The normalized spacial score (nSPS) is 27.3. The molecule has 2 aliphatic rings. The molecule has 1 aromatic carbocycles. The van der Waals surface area contributed by atoms with Crippen molar-refractivity contribution in [2.24, 2.45) is 11.7 Å². The number of carbonyl (C=O) groups is 2. The zero-order valence-corrected chi connectivity index (χ0v) is 13.5. The second-order valence-electron chi connectivity index (χ2n) is 5.80. The van der Waals surface area contributed by atoms with Gasteiger partial charge in [-0.1, -0.05) is 54.1 Å². The maximum atomic E-state index is 12.4. The number of fused-ring (bicyclic) bond motifs is 1. The highest BCUT2D eigenvalue weighted by Crippen LogP contribution is 2.39. The Kier molecular flexibility index (Phi) is 4.13. The molecule has 1 heterocycles. The van der Waals surface area contributed by atoms with E-state index in [1.807, 2.05) is 42.5 Å². The lowest BCUT2D eigenvalue weighted by Gasteiger charge is -2.37. The van der Waals surface area contributed by atoms with E-state index in [4.69, 9.17) is 17.3 Å². The predicted octanol–water partition coefficient (Wildman–Crippen LogP) is 2.26. The molecule has 3 rings (SSSR count). The number of hydrogen-bond acceptors (Lipinski definition) is 2. The Morgan fingerprint density at radius 3 is 2.65 bits per heavy atom. The highest BCUT2D eigenvalue weighted by Gasteiger charge is 2.42. The monoisotopic (exact) mass is 331 g/mol. The number of nitrogens with two attached hydrogens (primary N) is 1. The number of halogens is 1. The van der Waals surface area contributed by atoms with E-state index in [1.165, 1.54) is 4.90 Å². The van der Waals surface area contributed by atoms with Gasteiger partial charge in [-0.25, -0.2) is 4.79 Å². The first kappa shape index (κ1) is 15.6. The Bertz CT molecular complexity index is 686. The summed E-state index contributed by atoms with van der Waals surface area (Å²) in [7, 11) is 1.74. The summed E-state index contributed by atoms with van der Waals surface area (Å²) in [4.78, 5) is 27.5. The molecule has 2 N–H and O–H groups in total. The third-order valence-electron chi connectivity index (χ3n) is 4.47. The first-order chi connectivity index (χ1) is 11.0. The lowest BCUT2D eigenvalue weighted by molar-refractivity contribution is -0.130. The first-order valence-electron chi connectivity index (χ1n) is 7.41. The van der Waals surface area contributed by atoms with Gasteiger partial charge in [0.2, 0.25) is 5.91 Å². The van der Waals surface area contributed by atoms with Gasteiger partial charge in [0.25, 0.3) is 0 Å². The van der Waals surface area contributed by atoms with Crippen molar-refractivity contribution < 1.29 is 9.59 Å². The summed E-state index contributed by atoms with van der Waals surface area (Å²) in [6, 6.07) is 8.48. The third kappa shape index (κ3) is 2.84. The van der Waals surface area contributed by atoms with Crippen LogP contribution in [-0.2, 0) is 4.79 Å². The van der Waals surface area contributed by atoms with Crippen LogP contribution in [0.15, 0.2) is 53.6 Å². The fraction of sp³-hybridized carbons (Fsp3) is 0.294. The number of hydrogen-bond donors (Lipinski definition) is 1. The van der Waals surface area contributed by atoms with Crippen LogP contribution in [0.25, 0.3) is 0 Å². The molecular weight excluding hydrogens is 314 g/mol.